The number of carbonyl (C=O) groups excluding carboxylic acids is 1. The van der Waals surface area contributed by atoms with Crippen LogP contribution in [-0.4, -0.2) is 69.8 Å². The second-order valence-electron chi connectivity index (χ2n) is 6.83. The molecular formula is C17H25N7O. The summed E-state index contributed by atoms with van der Waals surface area (Å²) in [4.78, 5) is 16.7. The lowest BCUT2D eigenvalue weighted by Gasteiger charge is -2.32. The quantitative estimate of drug-likeness (QED) is 0.915. The Morgan fingerprint density at radius 3 is 3.00 bits per heavy atom. The molecule has 0 radical (unpaired) electrons. The van der Waals surface area contributed by atoms with Gasteiger partial charge in [0.15, 0.2) is 0 Å². The van der Waals surface area contributed by atoms with Gasteiger partial charge in [0.25, 0.3) is 0 Å². The molecule has 8 nitrogen and oxygen atoms in total. The Morgan fingerprint density at radius 2 is 2.28 bits per heavy atom. The van der Waals surface area contributed by atoms with Crippen molar-refractivity contribution in [3.8, 4) is 5.69 Å². The molecule has 0 saturated carbocycles. The molecule has 25 heavy (non-hydrogen) atoms. The summed E-state index contributed by atoms with van der Waals surface area (Å²) in [5.41, 5.74) is 2.57. The third-order valence-corrected chi connectivity index (χ3v) is 4.68. The molecule has 2 amide bonds. The maximum absolute atomic E-state index is 12.6. The average molecular weight is 343 g/mol. The Kier molecular flexibility index (Phi) is 5.28. The smallest absolute Gasteiger partial charge is 0.321 e. The van der Waals surface area contributed by atoms with Gasteiger partial charge in [0, 0.05) is 25.8 Å². The van der Waals surface area contributed by atoms with Crippen LogP contribution in [0.1, 0.15) is 18.4 Å². The number of anilines is 1. The fraction of sp³-hybridized carbons (Fsp3) is 0.529. The monoisotopic (exact) mass is 343 g/mol. The van der Waals surface area contributed by atoms with E-state index < -0.39 is 0 Å². The van der Waals surface area contributed by atoms with E-state index >= 15 is 0 Å². The first-order valence-corrected chi connectivity index (χ1v) is 8.57. The molecule has 134 valence electrons. The molecule has 1 aromatic carbocycles. The average Bonchev–Trinajstić information content (AvgIpc) is 3.11. The second kappa shape index (κ2) is 7.60. The molecule has 8 heteroatoms. The summed E-state index contributed by atoms with van der Waals surface area (Å²) in [5, 5.41) is 14.2. The van der Waals surface area contributed by atoms with Crippen LogP contribution in [0.3, 0.4) is 0 Å². The number of aromatic nitrogens is 4. The number of amides is 2. The first-order chi connectivity index (χ1) is 12.0. The molecule has 1 saturated heterocycles. The van der Waals surface area contributed by atoms with Crippen LogP contribution < -0.4 is 5.32 Å². The van der Waals surface area contributed by atoms with Crippen LogP contribution in [0, 0.1) is 12.8 Å². The molecule has 0 spiro atoms. The summed E-state index contributed by atoms with van der Waals surface area (Å²) in [6.45, 7) is 4.93. The van der Waals surface area contributed by atoms with Crippen molar-refractivity contribution in [2.75, 3.05) is 39.0 Å². The van der Waals surface area contributed by atoms with Crippen LogP contribution in [-0.2, 0) is 0 Å². The number of hydrogen-bond acceptors (Lipinski definition) is 5. The highest BCUT2D eigenvalue weighted by Gasteiger charge is 2.21. The number of nitrogens with zero attached hydrogens (tertiary/aromatic N) is 6. The van der Waals surface area contributed by atoms with E-state index in [9.17, 15) is 4.79 Å². The Balaban J connectivity index is 1.64. The first-order valence-electron chi connectivity index (χ1n) is 8.57. The standard InChI is InChI=1S/C17H25N7O/c1-13-6-7-15(24-12-18-20-21-24)9-16(13)19-17(25)23(3)11-14-5-4-8-22(2)10-14/h6-7,9,12,14H,4-5,8,10-11H2,1-3H3,(H,19,25)/t14-/m1/s1. The zero-order chi connectivity index (χ0) is 17.8. The van der Waals surface area contributed by atoms with Gasteiger partial charge in [-0.2, -0.15) is 0 Å². The van der Waals surface area contributed by atoms with E-state index in [1.165, 1.54) is 19.2 Å². The lowest BCUT2D eigenvalue weighted by Crippen LogP contribution is -2.41. The highest BCUT2D eigenvalue weighted by molar-refractivity contribution is 5.90. The van der Waals surface area contributed by atoms with Crippen molar-refractivity contribution in [3.05, 3.63) is 30.1 Å². The van der Waals surface area contributed by atoms with Crippen LogP contribution >= 0.6 is 0 Å². The summed E-state index contributed by atoms with van der Waals surface area (Å²) in [6.07, 6.45) is 3.90. The lowest BCUT2D eigenvalue weighted by atomic mass is 9.98. The molecular weight excluding hydrogens is 318 g/mol. The van der Waals surface area contributed by atoms with E-state index in [-0.39, 0.29) is 6.03 Å². The van der Waals surface area contributed by atoms with Crippen molar-refractivity contribution >= 4 is 11.7 Å². The maximum Gasteiger partial charge on any atom is 0.321 e. The van der Waals surface area contributed by atoms with Gasteiger partial charge in [-0.1, -0.05) is 6.07 Å². The van der Waals surface area contributed by atoms with Crippen LogP contribution in [0.5, 0.6) is 0 Å². The first kappa shape index (κ1) is 17.3. The van der Waals surface area contributed by atoms with E-state index in [2.05, 4.69) is 32.8 Å². The lowest BCUT2D eigenvalue weighted by molar-refractivity contribution is 0.170. The highest BCUT2D eigenvalue weighted by atomic mass is 16.2. The number of tetrazole rings is 1. The van der Waals surface area contributed by atoms with Gasteiger partial charge >= 0.3 is 6.03 Å². The number of carbonyl (C=O) groups is 1. The molecule has 1 aliphatic rings. The van der Waals surface area contributed by atoms with Gasteiger partial charge in [-0.05, 0) is 67.4 Å². The normalized spacial score (nSPS) is 18.1. The fourth-order valence-electron chi connectivity index (χ4n) is 3.27. The zero-order valence-corrected chi connectivity index (χ0v) is 15.0. The molecule has 3 rings (SSSR count). The summed E-state index contributed by atoms with van der Waals surface area (Å²) in [5.74, 6) is 0.531. The second-order valence-corrected chi connectivity index (χ2v) is 6.83. The van der Waals surface area contributed by atoms with Crippen LogP contribution in [0.2, 0.25) is 0 Å². The Morgan fingerprint density at radius 1 is 1.44 bits per heavy atom. The van der Waals surface area contributed by atoms with E-state index in [4.69, 9.17) is 0 Å². The largest absolute Gasteiger partial charge is 0.327 e. The molecule has 2 heterocycles. The summed E-state index contributed by atoms with van der Waals surface area (Å²) < 4.78 is 1.57. The van der Waals surface area contributed by atoms with E-state index in [1.807, 2.05) is 32.2 Å². The van der Waals surface area contributed by atoms with Gasteiger partial charge in [0.2, 0.25) is 0 Å². The van der Waals surface area contributed by atoms with Crippen molar-refractivity contribution in [1.82, 2.24) is 30.0 Å². The Hall–Kier alpha value is -2.48. The zero-order valence-electron chi connectivity index (χ0n) is 15.0. The maximum atomic E-state index is 12.6. The minimum atomic E-state index is -0.0924. The van der Waals surface area contributed by atoms with Gasteiger partial charge in [0.05, 0.1) is 5.69 Å². The fourth-order valence-corrected chi connectivity index (χ4v) is 3.27. The minimum absolute atomic E-state index is 0.0924. The minimum Gasteiger partial charge on any atom is -0.327 e. The number of urea groups is 1. The number of aryl methyl sites for hydroxylation is 1. The third kappa shape index (κ3) is 4.33. The summed E-state index contributed by atoms with van der Waals surface area (Å²) >= 11 is 0. The molecule has 1 atom stereocenters. The van der Waals surface area contributed by atoms with Crippen molar-refractivity contribution in [1.29, 1.82) is 0 Å². The number of nitrogens with one attached hydrogen (secondary N) is 1. The molecule has 1 aliphatic heterocycles. The van der Waals surface area contributed by atoms with E-state index in [1.54, 1.807) is 9.58 Å². The van der Waals surface area contributed by atoms with E-state index in [0.29, 0.717) is 5.92 Å². The van der Waals surface area contributed by atoms with Gasteiger partial charge in [-0.25, -0.2) is 9.48 Å². The highest BCUT2D eigenvalue weighted by Crippen LogP contribution is 2.20. The van der Waals surface area contributed by atoms with Crippen LogP contribution in [0.4, 0.5) is 10.5 Å². The number of piperidine rings is 1. The number of benzene rings is 1. The van der Waals surface area contributed by atoms with Gasteiger partial charge in [-0.15, -0.1) is 5.10 Å². The Bertz CT molecular complexity index is 716. The summed E-state index contributed by atoms with van der Waals surface area (Å²) in [6, 6.07) is 5.66. The molecule has 2 aromatic rings. The summed E-state index contributed by atoms with van der Waals surface area (Å²) in [7, 11) is 3.99. The molecule has 1 fully saturated rings. The van der Waals surface area contributed by atoms with Crippen LogP contribution in [0.25, 0.3) is 5.69 Å². The van der Waals surface area contributed by atoms with Crippen molar-refractivity contribution < 1.29 is 4.79 Å². The Labute approximate surface area is 147 Å². The molecule has 1 N–H and O–H groups in total. The molecule has 0 unspecified atom stereocenters. The molecule has 0 aliphatic carbocycles. The topological polar surface area (TPSA) is 79.2 Å². The molecule has 1 aromatic heterocycles. The van der Waals surface area contributed by atoms with Gasteiger partial charge in [-0.3, -0.25) is 0 Å². The van der Waals surface area contributed by atoms with E-state index in [0.717, 1.165) is 36.6 Å². The predicted octanol–water partition coefficient (Wildman–Crippen LogP) is 1.78. The number of likely N-dealkylation sites (tertiary alicyclic amines) is 1. The number of rotatable bonds is 4. The van der Waals surface area contributed by atoms with Crippen molar-refractivity contribution in [3.63, 3.8) is 0 Å². The SMILES string of the molecule is Cc1ccc(-n2cnnn2)cc1NC(=O)N(C)C[C@@H]1CCCN(C)C1. The van der Waals surface area contributed by atoms with Gasteiger partial charge < -0.3 is 15.1 Å². The third-order valence-electron chi connectivity index (χ3n) is 4.68. The van der Waals surface area contributed by atoms with Crippen molar-refractivity contribution in [2.24, 2.45) is 5.92 Å². The van der Waals surface area contributed by atoms with Crippen LogP contribution in [0.15, 0.2) is 24.5 Å². The predicted molar refractivity (Wildman–Crippen MR) is 95.8 cm³/mol. The van der Waals surface area contributed by atoms with Crippen molar-refractivity contribution in [2.45, 2.75) is 19.8 Å². The molecule has 0 bridgehead atoms. The number of hydrogen-bond donors (Lipinski definition) is 1. The van der Waals surface area contributed by atoms with Gasteiger partial charge in [0.1, 0.15) is 6.33 Å².